The van der Waals surface area contributed by atoms with Crippen molar-refractivity contribution in [3.05, 3.63) is 48.0 Å². The number of ether oxygens (including phenoxy) is 1. The second kappa shape index (κ2) is 12.5. The van der Waals surface area contributed by atoms with Crippen molar-refractivity contribution in [2.24, 2.45) is 0 Å². The van der Waals surface area contributed by atoms with Gasteiger partial charge >= 0.3 is 29.6 Å². The molecule has 5 nitrogen and oxygen atoms in total. The van der Waals surface area contributed by atoms with Crippen molar-refractivity contribution in [3.63, 3.8) is 0 Å². The molecule has 148 valence electrons. The van der Waals surface area contributed by atoms with Crippen molar-refractivity contribution < 1.29 is 52.4 Å². The van der Waals surface area contributed by atoms with Crippen LogP contribution in [-0.2, 0) is 16.5 Å². The monoisotopic (exact) mass is 414 g/mol. The first-order valence-electron chi connectivity index (χ1n) is 9.46. The Morgan fingerprint density at radius 2 is 1.57 bits per heavy atom. The normalized spacial score (nSPS) is 11.1. The molecule has 0 aliphatic rings. The van der Waals surface area contributed by atoms with Gasteiger partial charge in [0.15, 0.2) is 0 Å². The first-order valence-corrected chi connectivity index (χ1v) is 10.9. The molecule has 0 amide bonds. The van der Waals surface area contributed by atoms with Crippen LogP contribution in [0.3, 0.4) is 0 Å². The maximum atomic E-state index is 11.5. The Labute approximate surface area is 190 Å². The molecular formula is C21H27NaO5S. The summed E-state index contributed by atoms with van der Waals surface area (Å²) in [5.41, 5.74) is 0.971. The van der Waals surface area contributed by atoms with Gasteiger partial charge in [0.05, 0.1) is 0 Å². The van der Waals surface area contributed by atoms with E-state index in [-0.39, 0.29) is 35.3 Å². The zero-order valence-corrected chi connectivity index (χ0v) is 19.5. The van der Waals surface area contributed by atoms with Crippen LogP contribution in [0, 0.1) is 0 Å². The first-order chi connectivity index (χ1) is 12.9. The van der Waals surface area contributed by atoms with Crippen LogP contribution in [0.15, 0.2) is 47.4 Å². The summed E-state index contributed by atoms with van der Waals surface area (Å²) in [5.74, 6) is -0.0255. The average molecular weight is 414 g/mol. The fourth-order valence-electron chi connectivity index (χ4n) is 2.98. The molecule has 0 heterocycles. The molecule has 0 aromatic heterocycles. The Bertz CT molecular complexity index is 836. The quantitative estimate of drug-likeness (QED) is 0.346. The third-order valence-electron chi connectivity index (χ3n) is 4.44. The van der Waals surface area contributed by atoms with E-state index < -0.39 is 20.8 Å². The number of hydrogen-bond acceptors (Lipinski definition) is 4. The molecule has 0 saturated carbocycles. The number of para-hydroxylation sites is 1. The molecule has 2 aromatic carbocycles. The van der Waals surface area contributed by atoms with Gasteiger partial charge in [0.25, 0.3) is 10.1 Å². The first kappa shape index (κ1) is 25.0. The van der Waals surface area contributed by atoms with Gasteiger partial charge in [-0.05, 0) is 36.6 Å². The van der Waals surface area contributed by atoms with Crippen molar-refractivity contribution in [1.29, 1.82) is 0 Å². The Morgan fingerprint density at radius 1 is 0.929 bits per heavy atom. The summed E-state index contributed by atoms with van der Waals surface area (Å²) in [4.78, 5) is -0.513. The molecule has 2 aromatic rings. The molecule has 0 saturated heterocycles. The number of aryl methyl sites for hydroxylation is 1. The molecule has 1 N–H and O–H groups in total. The van der Waals surface area contributed by atoms with Crippen LogP contribution in [0.25, 0.3) is 0 Å². The van der Waals surface area contributed by atoms with Crippen LogP contribution >= 0.6 is 0 Å². The predicted octanol–water partition coefficient (Wildman–Crippen LogP) is 2.10. The van der Waals surface area contributed by atoms with Gasteiger partial charge in [0, 0.05) is 0 Å². The van der Waals surface area contributed by atoms with E-state index >= 15 is 0 Å². The van der Waals surface area contributed by atoms with Crippen molar-refractivity contribution in [2.75, 3.05) is 0 Å². The van der Waals surface area contributed by atoms with Crippen molar-refractivity contribution in [3.8, 4) is 17.2 Å². The van der Waals surface area contributed by atoms with Crippen molar-refractivity contribution >= 4 is 10.1 Å². The van der Waals surface area contributed by atoms with Crippen molar-refractivity contribution in [1.82, 2.24) is 0 Å². The molecule has 0 unspecified atom stereocenters. The summed E-state index contributed by atoms with van der Waals surface area (Å²) >= 11 is 0. The molecule has 0 aliphatic carbocycles. The maximum Gasteiger partial charge on any atom is 1.00 e. The van der Waals surface area contributed by atoms with Gasteiger partial charge in [-0.25, -0.2) is 0 Å². The molecule has 0 bridgehead atoms. The largest absolute Gasteiger partial charge is 1.00 e. The topological polar surface area (TPSA) is 86.7 Å². The average Bonchev–Trinajstić information content (AvgIpc) is 2.63. The van der Waals surface area contributed by atoms with Crippen LogP contribution < -0.4 is 39.4 Å². The van der Waals surface area contributed by atoms with Crippen LogP contribution in [0.5, 0.6) is 17.2 Å². The molecule has 0 aliphatic heterocycles. The minimum atomic E-state index is -4.55. The van der Waals surface area contributed by atoms with E-state index in [4.69, 9.17) is 4.74 Å². The minimum absolute atomic E-state index is 0. The van der Waals surface area contributed by atoms with E-state index in [1.807, 2.05) is 12.1 Å². The van der Waals surface area contributed by atoms with Crippen LogP contribution in [0.2, 0.25) is 0 Å². The molecule has 7 heteroatoms. The van der Waals surface area contributed by atoms with Gasteiger partial charge < -0.3 is 9.84 Å². The summed E-state index contributed by atoms with van der Waals surface area (Å²) in [6, 6.07) is 10.8. The fourth-order valence-corrected chi connectivity index (χ4v) is 3.60. The van der Waals surface area contributed by atoms with Gasteiger partial charge in [-0.2, -0.15) is 8.42 Å². The van der Waals surface area contributed by atoms with E-state index in [9.17, 15) is 18.1 Å². The van der Waals surface area contributed by atoms with E-state index in [1.165, 1.54) is 44.2 Å². The third kappa shape index (κ3) is 8.13. The number of benzene rings is 2. The van der Waals surface area contributed by atoms with Gasteiger partial charge in [-0.1, -0.05) is 69.7 Å². The standard InChI is InChI=1S/C21H28O5S.Na/c1-2-3-4-5-6-7-8-11-17-12-9-10-13-19(17)26-20-15-14-18(22)16-21(20)27(23,24)25;/h9-10,12-16,22H,2-8,11H2,1H3,(H,23,24,25);/q;+1/p-1. The molecule has 0 radical (unpaired) electrons. The second-order valence-corrected chi connectivity index (χ2v) is 8.05. The van der Waals surface area contributed by atoms with Crippen molar-refractivity contribution in [2.45, 2.75) is 63.2 Å². The predicted molar refractivity (Wildman–Crippen MR) is 104 cm³/mol. The third-order valence-corrected chi connectivity index (χ3v) is 5.31. The van der Waals surface area contributed by atoms with Crippen LogP contribution in [0.4, 0.5) is 0 Å². The Balaban J connectivity index is 0.00000392. The van der Waals surface area contributed by atoms with Gasteiger partial charge in [0.1, 0.15) is 16.4 Å². The molecule has 28 heavy (non-hydrogen) atoms. The molecule has 0 atom stereocenters. The summed E-state index contributed by atoms with van der Waals surface area (Å²) in [6.07, 6.45) is 9.26. The fraction of sp³-hybridized carbons (Fsp3) is 0.429. The Morgan fingerprint density at radius 3 is 2.25 bits per heavy atom. The molecular weight excluding hydrogens is 387 g/mol. The second-order valence-electron chi connectivity index (χ2n) is 6.66. The van der Waals surface area contributed by atoms with Gasteiger partial charge in [0.2, 0.25) is 0 Å². The Hall–Kier alpha value is -1.05. The number of rotatable bonds is 11. The number of hydrogen-bond donors (Lipinski definition) is 1. The van der Waals surface area contributed by atoms with E-state index in [2.05, 4.69) is 6.92 Å². The van der Waals surface area contributed by atoms with E-state index in [1.54, 1.807) is 12.1 Å². The summed E-state index contributed by atoms with van der Waals surface area (Å²) in [6.45, 7) is 2.20. The molecule has 2 rings (SSSR count). The van der Waals surface area contributed by atoms with Crippen LogP contribution in [-0.4, -0.2) is 13.0 Å². The van der Waals surface area contributed by atoms with Crippen LogP contribution in [0.1, 0.15) is 57.4 Å². The zero-order valence-electron chi connectivity index (χ0n) is 16.7. The summed E-state index contributed by atoms with van der Waals surface area (Å²) in [5, 5.41) is 11.4. The minimum Gasteiger partial charge on any atom is -0.872 e. The molecule has 0 spiro atoms. The van der Waals surface area contributed by atoms with E-state index in [0.717, 1.165) is 30.9 Å². The van der Waals surface area contributed by atoms with E-state index in [0.29, 0.717) is 5.75 Å². The van der Waals surface area contributed by atoms with Gasteiger partial charge in [-0.3, -0.25) is 4.55 Å². The Kier molecular flexibility index (Phi) is 11.2. The zero-order chi connectivity index (χ0) is 19.7. The van der Waals surface area contributed by atoms with Gasteiger partial charge in [-0.15, -0.1) is 5.75 Å². The SMILES string of the molecule is CCCCCCCCCc1ccccc1Oc1ccc([O-])cc1S(=O)(=O)O.[Na+]. The molecule has 0 fully saturated rings. The summed E-state index contributed by atoms with van der Waals surface area (Å²) < 4.78 is 38.2. The number of unbranched alkanes of at least 4 members (excludes halogenated alkanes) is 6. The maximum absolute atomic E-state index is 11.5. The smallest absolute Gasteiger partial charge is 0.872 e. The summed E-state index contributed by atoms with van der Waals surface area (Å²) in [7, 11) is -4.55.